The molecular weight excluding hydrogens is 296 g/mol. The van der Waals surface area contributed by atoms with E-state index in [0.29, 0.717) is 5.92 Å². The molecule has 1 saturated heterocycles. The van der Waals surface area contributed by atoms with Crippen molar-refractivity contribution >= 4 is 23.5 Å². The van der Waals surface area contributed by atoms with Crippen LogP contribution < -0.4 is 0 Å². The van der Waals surface area contributed by atoms with Crippen LogP contribution in [0.1, 0.15) is 30.9 Å². The standard InChI is InChI=1S/C17H22N2S2/c1-14(2)16-5-3-15(4-6-16)11-17(20-9-10-21-17)12-19-8-7-18-13-19/h3-8,13-14H,9-12H2,1-2H3. The van der Waals surface area contributed by atoms with Gasteiger partial charge in [-0.2, -0.15) is 0 Å². The number of thioether (sulfide) groups is 2. The average molecular weight is 319 g/mol. The molecule has 0 spiro atoms. The zero-order chi connectivity index (χ0) is 14.7. The molecule has 0 radical (unpaired) electrons. The van der Waals surface area contributed by atoms with E-state index < -0.39 is 0 Å². The van der Waals surface area contributed by atoms with E-state index in [9.17, 15) is 0 Å². The van der Waals surface area contributed by atoms with Crippen LogP contribution in [0.3, 0.4) is 0 Å². The molecule has 0 unspecified atom stereocenters. The Hall–Kier alpha value is -0.870. The van der Waals surface area contributed by atoms with Crippen LogP contribution in [0.5, 0.6) is 0 Å². The summed E-state index contributed by atoms with van der Waals surface area (Å²) in [6.07, 6.45) is 7.00. The number of nitrogens with zero attached hydrogens (tertiary/aromatic N) is 2. The summed E-state index contributed by atoms with van der Waals surface area (Å²) in [5, 5.41) is 0. The maximum absolute atomic E-state index is 4.18. The van der Waals surface area contributed by atoms with Gasteiger partial charge >= 0.3 is 0 Å². The Balaban J connectivity index is 1.75. The van der Waals surface area contributed by atoms with Crippen molar-refractivity contribution in [3.63, 3.8) is 0 Å². The van der Waals surface area contributed by atoms with E-state index in [1.807, 2.05) is 12.5 Å². The topological polar surface area (TPSA) is 17.8 Å². The zero-order valence-corrected chi connectivity index (χ0v) is 14.3. The Morgan fingerprint density at radius 1 is 1.19 bits per heavy atom. The summed E-state index contributed by atoms with van der Waals surface area (Å²) in [6, 6.07) is 9.19. The largest absolute Gasteiger partial charge is 0.335 e. The molecule has 2 nitrogen and oxygen atoms in total. The lowest BCUT2D eigenvalue weighted by Crippen LogP contribution is -2.27. The van der Waals surface area contributed by atoms with Gasteiger partial charge in [-0.25, -0.2) is 4.98 Å². The van der Waals surface area contributed by atoms with E-state index in [-0.39, 0.29) is 4.08 Å². The molecule has 1 aliphatic heterocycles. The average Bonchev–Trinajstić information content (AvgIpc) is 3.12. The van der Waals surface area contributed by atoms with Crippen LogP contribution >= 0.6 is 23.5 Å². The highest BCUT2D eigenvalue weighted by molar-refractivity contribution is 8.21. The lowest BCUT2D eigenvalue weighted by atomic mass is 10.00. The van der Waals surface area contributed by atoms with E-state index in [1.54, 1.807) is 0 Å². The van der Waals surface area contributed by atoms with Crippen LogP contribution in [0.25, 0.3) is 0 Å². The van der Waals surface area contributed by atoms with Crippen molar-refractivity contribution in [1.82, 2.24) is 9.55 Å². The van der Waals surface area contributed by atoms with Crippen molar-refractivity contribution in [2.75, 3.05) is 11.5 Å². The number of benzene rings is 1. The summed E-state index contributed by atoms with van der Waals surface area (Å²) in [5.41, 5.74) is 2.87. The number of hydrogen-bond acceptors (Lipinski definition) is 3. The van der Waals surface area contributed by atoms with Crippen LogP contribution in [-0.2, 0) is 13.0 Å². The molecule has 2 aromatic rings. The minimum absolute atomic E-state index is 0.264. The summed E-state index contributed by atoms with van der Waals surface area (Å²) < 4.78 is 2.48. The minimum atomic E-state index is 0.264. The first-order valence-corrected chi connectivity index (χ1v) is 9.46. The van der Waals surface area contributed by atoms with Gasteiger partial charge in [0.05, 0.1) is 10.4 Å². The highest BCUT2D eigenvalue weighted by atomic mass is 32.2. The minimum Gasteiger partial charge on any atom is -0.335 e. The molecule has 3 rings (SSSR count). The molecule has 0 N–H and O–H groups in total. The van der Waals surface area contributed by atoms with Gasteiger partial charge in [0.1, 0.15) is 0 Å². The Morgan fingerprint density at radius 2 is 1.90 bits per heavy atom. The SMILES string of the molecule is CC(C)c1ccc(CC2(Cn3ccnc3)SCCS2)cc1. The fourth-order valence-corrected chi connectivity index (χ4v) is 6.00. The summed E-state index contributed by atoms with van der Waals surface area (Å²) >= 11 is 4.22. The van der Waals surface area contributed by atoms with Crippen LogP contribution in [0, 0.1) is 0 Å². The summed E-state index contributed by atoms with van der Waals surface area (Å²) in [5.74, 6) is 3.11. The molecular formula is C17H22N2S2. The summed E-state index contributed by atoms with van der Waals surface area (Å²) in [6.45, 7) is 5.53. The number of rotatable bonds is 5. The summed E-state index contributed by atoms with van der Waals surface area (Å²) in [7, 11) is 0. The third kappa shape index (κ3) is 3.67. The number of hydrogen-bond donors (Lipinski definition) is 0. The van der Waals surface area contributed by atoms with E-state index in [1.165, 1.54) is 22.6 Å². The highest BCUT2D eigenvalue weighted by Crippen LogP contribution is 2.47. The van der Waals surface area contributed by atoms with Gasteiger partial charge in [0.15, 0.2) is 0 Å². The van der Waals surface area contributed by atoms with Crippen molar-refractivity contribution in [2.45, 2.75) is 36.8 Å². The van der Waals surface area contributed by atoms with Gasteiger partial charge < -0.3 is 4.57 Å². The van der Waals surface area contributed by atoms with Gasteiger partial charge in [0.2, 0.25) is 0 Å². The van der Waals surface area contributed by atoms with Crippen molar-refractivity contribution in [2.24, 2.45) is 0 Å². The maximum Gasteiger partial charge on any atom is 0.0946 e. The molecule has 4 heteroatoms. The van der Waals surface area contributed by atoms with Crippen molar-refractivity contribution in [1.29, 1.82) is 0 Å². The van der Waals surface area contributed by atoms with Gasteiger partial charge in [-0.3, -0.25) is 0 Å². The first-order chi connectivity index (χ1) is 10.2. The van der Waals surface area contributed by atoms with Gasteiger partial charge in [-0.1, -0.05) is 38.1 Å². The van der Waals surface area contributed by atoms with Crippen LogP contribution in [-0.4, -0.2) is 25.1 Å². The molecule has 21 heavy (non-hydrogen) atoms. The summed E-state index contributed by atoms with van der Waals surface area (Å²) in [4.78, 5) is 4.18. The molecule has 0 aliphatic carbocycles. The second-order valence-electron chi connectivity index (χ2n) is 5.92. The van der Waals surface area contributed by atoms with Crippen molar-refractivity contribution in [3.8, 4) is 0 Å². The molecule has 0 bridgehead atoms. The predicted molar refractivity (Wildman–Crippen MR) is 94.1 cm³/mol. The van der Waals surface area contributed by atoms with Gasteiger partial charge in [0, 0.05) is 30.4 Å². The highest BCUT2D eigenvalue weighted by Gasteiger charge is 2.36. The first kappa shape index (κ1) is 15.0. The van der Waals surface area contributed by atoms with Crippen LogP contribution in [0.4, 0.5) is 0 Å². The lowest BCUT2D eigenvalue weighted by molar-refractivity contribution is 0.625. The lowest BCUT2D eigenvalue weighted by Gasteiger charge is -2.28. The fraction of sp³-hybridized carbons (Fsp3) is 0.471. The number of imidazole rings is 1. The van der Waals surface area contributed by atoms with Gasteiger partial charge in [0.25, 0.3) is 0 Å². The maximum atomic E-state index is 4.18. The van der Waals surface area contributed by atoms with Gasteiger partial charge in [-0.05, 0) is 23.5 Å². The normalized spacial score (nSPS) is 17.5. The zero-order valence-electron chi connectivity index (χ0n) is 12.7. The van der Waals surface area contributed by atoms with Crippen LogP contribution in [0.2, 0.25) is 0 Å². The molecule has 0 saturated carbocycles. The van der Waals surface area contributed by atoms with E-state index in [2.05, 4.69) is 77.4 Å². The number of aromatic nitrogens is 2. The molecule has 1 aromatic carbocycles. The van der Waals surface area contributed by atoms with Crippen molar-refractivity contribution in [3.05, 3.63) is 54.1 Å². The molecule has 2 heterocycles. The van der Waals surface area contributed by atoms with E-state index in [4.69, 9.17) is 0 Å². The Bertz CT molecular complexity index is 555. The molecule has 1 fully saturated rings. The van der Waals surface area contributed by atoms with Crippen LogP contribution in [0.15, 0.2) is 43.0 Å². The smallest absolute Gasteiger partial charge is 0.0946 e. The molecule has 112 valence electrons. The molecule has 1 aromatic heterocycles. The molecule has 0 atom stereocenters. The van der Waals surface area contributed by atoms with E-state index in [0.717, 1.165) is 13.0 Å². The molecule has 1 aliphatic rings. The fourth-order valence-electron chi connectivity index (χ4n) is 2.74. The quantitative estimate of drug-likeness (QED) is 0.812. The Morgan fingerprint density at radius 3 is 2.48 bits per heavy atom. The second-order valence-corrected chi connectivity index (χ2v) is 9.13. The van der Waals surface area contributed by atoms with Crippen molar-refractivity contribution < 1.29 is 0 Å². The first-order valence-electron chi connectivity index (χ1n) is 7.49. The van der Waals surface area contributed by atoms with Gasteiger partial charge in [-0.15, -0.1) is 23.5 Å². The monoisotopic (exact) mass is 318 g/mol. The predicted octanol–water partition coefficient (Wildman–Crippen LogP) is 4.43. The second kappa shape index (κ2) is 6.49. The Labute approximate surface area is 135 Å². The third-order valence-electron chi connectivity index (χ3n) is 3.92. The van der Waals surface area contributed by atoms with E-state index >= 15 is 0 Å². The molecule has 0 amide bonds. The third-order valence-corrected chi connectivity index (χ3v) is 7.30. The Kier molecular flexibility index (Phi) is 4.65.